The van der Waals surface area contributed by atoms with Crippen molar-refractivity contribution in [1.82, 2.24) is 0 Å². The van der Waals surface area contributed by atoms with Crippen LogP contribution in [0.2, 0.25) is 0 Å². The van der Waals surface area contributed by atoms with Crippen molar-refractivity contribution >= 4 is 11.8 Å². The smallest absolute Gasteiger partial charge is 0.139 e. The molecular formula is C20H31O5-. The summed E-state index contributed by atoms with van der Waals surface area (Å²) in [5.74, 6) is -1.54. The highest BCUT2D eigenvalue weighted by atomic mass is 16.4. The van der Waals surface area contributed by atoms with E-state index in [-0.39, 0.29) is 30.5 Å². The summed E-state index contributed by atoms with van der Waals surface area (Å²) in [5.41, 5.74) is 0. The van der Waals surface area contributed by atoms with Crippen molar-refractivity contribution in [1.29, 1.82) is 0 Å². The second-order valence-corrected chi connectivity index (χ2v) is 6.84. The molecule has 25 heavy (non-hydrogen) atoms. The fourth-order valence-corrected chi connectivity index (χ4v) is 3.21. The molecule has 0 heterocycles. The molecular weight excluding hydrogens is 320 g/mol. The summed E-state index contributed by atoms with van der Waals surface area (Å²) in [6.45, 7) is 2.11. The maximum atomic E-state index is 12.1. The summed E-state index contributed by atoms with van der Waals surface area (Å²) in [7, 11) is 0. The normalized spacial score (nSPS) is 25.2. The van der Waals surface area contributed by atoms with Gasteiger partial charge < -0.3 is 20.1 Å². The third-order valence-electron chi connectivity index (χ3n) is 4.70. The van der Waals surface area contributed by atoms with Crippen LogP contribution in [0.15, 0.2) is 24.3 Å². The number of ketones is 1. The number of aliphatic hydroxyl groups excluding tert-OH is 2. The standard InChI is InChI=1S/C20H32O5/c1-2-3-6-9-15(21)12-13-17-16(18(22)14-19(17)23)10-7-4-5-8-11-20(24)25/h4,7,12-13,15-17,19,21,23H,2-3,5-6,8-11,14H2,1H3,(H,24,25)/p-1/b7-4-,13-12+/t15-,16+,17+,19+/m0/s1. The van der Waals surface area contributed by atoms with Gasteiger partial charge in [-0.2, -0.15) is 0 Å². The fraction of sp³-hybridized carbons (Fsp3) is 0.700. The van der Waals surface area contributed by atoms with Gasteiger partial charge >= 0.3 is 0 Å². The zero-order chi connectivity index (χ0) is 18.7. The Labute approximate surface area is 150 Å². The molecule has 0 aromatic carbocycles. The maximum Gasteiger partial charge on any atom is 0.139 e. The number of carbonyl (C=O) groups is 2. The number of aliphatic hydroxyl groups is 2. The van der Waals surface area contributed by atoms with E-state index in [0.717, 1.165) is 19.3 Å². The van der Waals surface area contributed by atoms with E-state index >= 15 is 0 Å². The van der Waals surface area contributed by atoms with E-state index in [1.54, 1.807) is 12.2 Å². The number of carboxylic acids is 1. The molecule has 0 aliphatic heterocycles. The Bertz CT molecular complexity index is 469. The second kappa shape index (κ2) is 12.0. The highest BCUT2D eigenvalue weighted by molar-refractivity contribution is 5.84. The van der Waals surface area contributed by atoms with Gasteiger partial charge in [-0.1, -0.05) is 50.5 Å². The lowest BCUT2D eigenvalue weighted by atomic mass is 9.90. The fourth-order valence-electron chi connectivity index (χ4n) is 3.21. The van der Waals surface area contributed by atoms with Crippen LogP contribution in [0.4, 0.5) is 0 Å². The number of allylic oxidation sites excluding steroid dienone is 2. The molecule has 1 saturated carbocycles. The largest absolute Gasteiger partial charge is 0.550 e. The molecule has 0 bridgehead atoms. The van der Waals surface area contributed by atoms with Crippen LogP contribution in [-0.4, -0.2) is 34.2 Å². The quantitative estimate of drug-likeness (QED) is 0.413. The van der Waals surface area contributed by atoms with Gasteiger partial charge in [0.25, 0.3) is 0 Å². The topological polar surface area (TPSA) is 97.7 Å². The van der Waals surface area contributed by atoms with Crippen molar-refractivity contribution in [3.63, 3.8) is 0 Å². The molecule has 0 amide bonds. The molecule has 1 fully saturated rings. The number of aliphatic carboxylic acids is 1. The third-order valence-corrected chi connectivity index (χ3v) is 4.70. The van der Waals surface area contributed by atoms with E-state index in [2.05, 4.69) is 6.92 Å². The number of hydrogen-bond donors (Lipinski definition) is 2. The molecule has 142 valence electrons. The third kappa shape index (κ3) is 8.45. The molecule has 5 heteroatoms. The van der Waals surface area contributed by atoms with Crippen molar-refractivity contribution in [2.24, 2.45) is 11.8 Å². The molecule has 4 atom stereocenters. The van der Waals surface area contributed by atoms with Gasteiger partial charge in [-0.25, -0.2) is 0 Å². The minimum atomic E-state index is -1.05. The average Bonchev–Trinajstić information content (AvgIpc) is 2.82. The molecule has 2 N–H and O–H groups in total. The lowest BCUT2D eigenvalue weighted by molar-refractivity contribution is -0.305. The number of rotatable bonds is 12. The highest BCUT2D eigenvalue weighted by Gasteiger charge is 2.39. The molecule has 5 nitrogen and oxygen atoms in total. The van der Waals surface area contributed by atoms with Gasteiger partial charge in [-0.3, -0.25) is 4.79 Å². The summed E-state index contributed by atoms with van der Waals surface area (Å²) in [4.78, 5) is 22.4. The summed E-state index contributed by atoms with van der Waals surface area (Å²) < 4.78 is 0. The van der Waals surface area contributed by atoms with Crippen molar-refractivity contribution in [2.75, 3.05) is 0 Å². The minimum absolute atomic E-state index is 0.0344. The molecule has 0 unspecified atom stereocenters. The average molecular weight is 351 g/mol. The first kappa shape index (κ1) is 21.6. The van der Waals surface area contributed by atoms with Gasteiger partial charge in [-0.05, 0) is 32.1 Å². The van der Waals surface area contributed by atoms with Gasteiger partial charge in [0.15, 0.2) is 0 Å². The van der Waals surface area contributed by atoms with Gasteiger partial charge in [0.05, 0.1) is 12.2 Å². The Morgan fingerprint density at radius 3 is 2.76 bits per heavy atom. The molecule has 1 aliphatic rings. The Morgan fingerprint density at radius 1 is 1.32 bits per heavy atom. The number of Topliss-reactive ketones (excluding diaryl/α,β-unsaturated/α-hetero) is 1. The molecule has 0 spiro atoms. The van der Waals surface area contributed by atoms with Gasteiger partial charge in [-0.15, -0.1) is 0 Å². The van der Waals surface area contributed by atoms with Crippen molar-refractivity contribution in [2.45, 2.75) is 76.9 Å². The van der Waals surface area contributed by atoms with Crippen LogP contribution in [0.5, 0.6) is 0 Å². The Hall–Kier alpha value is -1.46. The van der Waals surface area contributed by atoms with Crippen LogP contribution in [0.25, 0.3) is 0 Å². The van der Waals surface area contributed by atoms with Gasteiger partial charge in [0.2, 0.25) is 0 Å². The maximum absolute atomic E-state index is 12.1. The molecule has 1 aliphatic carbocycles. The van der Waals surface area contributed by atoms with Crippen LogP contribution in [0, 0.1) is 11.8 Å². The van der Waals surface area contributed by atoms with E-state index in [1.807, 2.05) is 12.2 Å². The van der Waals surface area contributed by atoms with E-state index in [9.17, 15) is 24.9 Å². The predicted octanol–water partition coefficient (Wildman–Crippen LogP) is 1.92. The van der Waals surface area contributed by atoms with E-state index < -0.39 is 18.2 Å². The molecule has 0 saturated heterocycles. The molecule has 0 radical (unpaired) electrons. The first-order valence-electron chi connectivity index (χ1n) is 9.37. The summed E-state index contributed by atoms with van der Waals surface area (Å²) >= 11 is 0. The summed E-state index contributed by atoms with van der Waals surface area (Å²) in [6, 6.07) is 0. The molecule has 0 aromatic heterocycles. The first-order valence-corrected chi connectivity index (χ1v) is 9.37. The van der Waals surface area contributed by atoms with Crippen molar-refractivity contribution in [3.8, 4) is 0 Å². The molecule has 1 rings (SSSR count). The number of carboxylic acid groups (broad SMARTS) is 1. The van der Waals surface area contributed by atoms with Crippen LogP contribution in [0.3, 0.4) is 0 Å². The Morgan fingerprint density at radius 2 is 2.08 bits per heavy atom. The zero-order valence-corrected chi connectivity index (χ0v) is 15.1. The SMILES string of the molecule is CCCCC[C@H](O)/C=C/[C@H]1[C@H](O)CC(=O)[C@@H]1C/C=C\CCCC(=O)[O-]. The van der Waals surface area contributed by atoms with Crippen LogP contribution >= 0.6 is 0 Å². The predicted molar refractivity (Wildman–Crippen MR) is 94.5 cm³/mol. The first-order chi connectivity index (χ1) is 12.0. The Kier molecular flexibility index (Phi) is 10.3. The Balaban J connectivity index is 2.48. The van der Waals surface area contributed by atoms with E-state index in [0.29, 0.717) is 25.7 Å². The molecule has 0 aromatic rings. The van der Waals surface area contributed by atoms with E-state index in [1.165, 1.54) is 0 Å². The summed E-state index contributed by atoms with van der Waals surface area (Å²) in [5, 5.41) is 30.4. The minimum Gasteiger partial charge on any atom is -0.550 e. The number of carbonyl (C=O) groups excluding carboxylic acids is 2. The van der Waals surface area contributed by atoms with Gasteiger partial charge in [0, 0.05) is 24.2 Å². The van der Waals surface area contributed by atoms with Crippen LogP contribution in [-0.2, 0) is 9.59 Å². The second-order valence-electron chi connectivity index (χ2n) is 6.84. The van der Waals surface area contributed by atoms with Crippen LogP contribution in [0.1, 0.15) is 64.7 Å². The lowest BCUT2D eigenvalue weighted by Gasteiger charge is -2.16. The van der Waals surface area contributed by atoms with E-state index in [4.69, 9.17) is 0 Å². The van der Waals surface area contributed by atoms with Crippen LogP contribution < -0.4 is 5.11 Å². The summed E-state index contributed by atoms with van der Waals surface area (Å²) in [6.07, 6.45) is 11.8. The van der Waals surface area contributed by atoms with Crippen molar-refractivity contribution < 1.29 is 24.9 Å². The number of hydrogen-bond acceptors (Lipinski definition) is 5. The number of unbranched alkanes of at least 4 members (excludes halogenated alkanes) is 3. The highest BCUT2D eigenvalue weighted by Crippen LogP contribution is 2.33. The van der Waals surface area contributed by atoms with Gasteiger partial charge in [0.1, 0.15) is 5.78 Å². The monoisotopic (exact) mass is 351 g/mol. The lowest BCUT2D eigenvalue weighted by Crippen LogP contribution is -2.21. The zero-order valence-electron chi connectivity index (χ0n) is 15.1. The van der Waals surface area contributed by atoms with Crippen molar-refractivity contribution in [3.05, 3.63) is 24.3 Å².